The van der Waals surface area contributed by atoms with Crippen LogP contribution in [0.2, 0.25) is 0 Å². The summed E-state index contributed by atoms with van der Waals surface area (Å²) in [5, 5.41) is 0. The van der Waals surface area contributed by atoms with Crippen LogP contribution < -0.4 is 4.74 Å². The minimum Gasteiger partial charge on any atom is -0.497 e. The third kappa shape index (κ3) is 6.57. The number of rotatable bonds is 10. The lowest BCUT2D eigenvalue weighted by molar-refractivity contribution is -0.241. The minimum absolute atomic E-state index is 0.452. The van der Waals surface area contributed by atoms with Crippen molar-refractivity contribution in [3.8, 4) is 5.75 Å². The highest BCUT2D eigenvalue weighted by atomic mass is 17.2. The Bertz CT molecular complexity index is 373. The van der Waals surface area contributed by atoms with Crippen LogP contribution in [0.25, 0.3) is 0 Å². The molecule has 0 fully saturated rings. The number of carbonyl (C=O) groups excluding carboxylic acids is 1. The molecule has 0 radical (unpaired) electrons. The summed E-state index contributed by atoms with van der Waals surface area (Å²) in [5.74, 6) is 0.230. The van der Waals surface area contributed by atoms with E-state index >= 15 is 0 Å². The highest BCUT2D eigenvalue weighted by molar-refractivity contribution is 5.89. The zero-order chi connectivity index (χ0) is 14.6. The predicted molar refractivity (Wildman–Crippen MR) is 77.7 cm³/mol. The van der Waals surface area contributed by atoms with Crippen molar-refractivity contribution in [2.45, 2.75) is 45.4 Å². The molecule has 0 aliphatic heterocycles. The molecule has 0 aromatic heterocycles. The molecule has 20 heavy (non-hydrogen) atoms. The summed E-state index contributed by atoms with van der Waals surface area (Å²) in [7, 11) is 1.58. The van der Waals surface area contributed by atoms with E-state index in [1.807, 2.05) is 0 Å². The van der Waals surface area contributed by atoms with Gasteiger partial charge in [0.25, 0.3) is 0 Å². The van der Waals surface area contributed by atoms with Crippen molar-refractivity contribution in [2.24, 2.45) is 0 Å². The summed E-state index contributed by atoms with van der Waals surface area (Å²) in [4.78, 5) is 21.3. The lowest BCUT2D eigenvalue weighted by atomic mass is 10.1. The zero-order valence-electron chi connectivity index (χ0n) is 12.4. The van der Waals surface area contributed by atoms with Crippen molar-refractivity contribution in [1.29, 1.82) is 0 Å². The molecule has 0 aliphatic rings. The Labute approximate surface area is 121 Å². The lowest BCUT2D eigenvalue weighted by Gasteiger charge is -2.04. The first kappa shape index (κ1) is 16.5. The summed E-state index contributed by atoms with van der Waals surface area (Å²) >= 11 is 0. The van der Waals surface area contributed by atoms with Crippen LogP contribution in [0.4, 0.5) is 0 Å². The molecule has 0 saturated heterocycles. The summed E-state index contributed by atoms with van der Waals surface area (Å²) in [6, 6.07) is 6.72. The zero-order valence-corrected chi connectivity index (χ0v) is 12.4. The fourth-order valence-corrected chi connectivity index (χ4v) is 1.81. The fraction of sp³-hybridized carbons (Fsp3) is 0.562. The largest absolute Gasteiger partial charge is 0.497 e. The van der Waals surface area contributed by atoms with Crippen LogP contribution in [0.1, 0.15) is 55.8 Å². The number of benzene rings is 1. The van der Waals surface area contributed by atoms with Gasteiger partial charge in [-0.1, -0.05) is 39.0 Å². The van der Waals surface area contributed by atoms with Gasteiger partial charge in [-0.2, -0.15) is 4.89 Å². The molecular formula is C16H24O4. The maximum Gasteiger partial charge on any atom is 0.373 e. The quantitative estimate of drug-likeness (QED) is 0.367. The molecule has 0 spiro atoms. The minimum atomic E-state index is -0.473. The van der Waals surface area contributed by atoms with E-state index in [0.717, 1.165) is 12.8 Å². The molecule has 1 aromatic carbocycles. The van der Waals surface area contributed by atoms with Crippen LogP contribution in [0, 0.1) is 0 Å². The molecule has 0 amide bonds. The van der Waals surface area contributed by atoms with Crippen LogP contribution in [0.15, 0.2) is 24.3 Å². The van der Waals surface area contributed by atoms with Gasteiger partial charge in [0.2, 0.25) is 0 Å². The third-order valence-electron chi connectivity index (χ3n) is 3.04. The standard InChI is InChI=1S/C16H24O4/c1-3-4-5-6-7-8-13-19-20-16(17)14-9-11-15(18-2)12-10-14/h9-12H,3-8,13H2,1-2H3. The molecule has 0 aliphatic carbocycles. The van der Waals surface area contributed by atoms with E-state index in [4.69, 9.17) is 14.5 Å². The Kier molecular flexibility index (Phi) is 8.47. The molecule has 1 aromatic rings. The maximum absolute atomic E-state index is 11.6. The van der Waals surface area contributed by atoms with Gasteiger partial charge in [0, 0.05) is 0 Å². The van der Waals surface area contributed by atoms with E-state index in [1.54, 1.807) is 31.4 Å². The average Bonchev–Trinajstić information content (AvgIpc) is 2.50. The normalized spacial score (nSPS) is 10.3. The van der Waals surface area contributed by atoms with Gasteiger partial charge < -0.3 is 4.74 Å². The number of carbonyl (C=O) groups is 1. The molecule has 4 heteroatoms. The van der Waals surface area contributed by atoms with Gasteiger partial charge in [0.1, 0.15) is 5.75 Å². The lowest BCUT2D eigenvalue weighted by Crippen LogP contribution is -2.07. The number of unbranched alkanes of at least 4 members (excludes halogenated alkanes) is 5. The van der Waals surface area contributed by atoms with E-state index in [9.17, 15) is 4.79 Å². The summed E-state index contributed by atoms with van der Waals surface area (Å²) in [6.45, 7) is 2.65. The Balaban J connectivity index is 2.10. The number of methoxy groups -OCH3 is 1. The molecule has 1 rings (SSSR count). The van der Waals surface area contributed by atoms with E-state index in [2.05, 4.69) is 6.92 Å². The monoisotopic (exact) mass is 280 g/mol. The van der Waals surface area contributed by atoms with E-state index in [0.29, 0.717) is 17.9 Å². The molecule has 4 nitrogen and oxygen atoms in total. The Morgan fingerprint density at radius 1 is 1.00 bits per heavy atom. The number of ether oxygens (including phenoxy) is 1. The average molecular weight is 280 g/mol. The maximum atomic E-state index is 11.6. The topological polar surface area (TPSA) is 44.8 Å². The first-order valence-corrected chi connectivity index (χ1v) is 7.25. The first-order valence-electron chi connectivity index (χ1n) is 7.25. The van der Waals surface area contributed by atoms with Gasteiger partial charge in [-0.15, -0.1) is 0 Å². The number of hydrogen-bond donors (Lipinski definition) is 0. The highest BCUT2D eigenvalue weighted by Gasteiger charge is 2.08. The van der Waals surface area contributed by atoms with E-state index in [-0.39, 0.29) is 0 Å². The SMILES string of the molecule is CCCCCCCCOOC(=O)c1ccc(OC)cc1. The summed E-state index contributed by atoms with van der Waals surface area (Å²) in [5.41, 5.74) is 0.453. The van der Waals surface area contributed by atoms with Crippen molar-refractivity contribution in [3.05, 3.63) is 29.8 Å². The second-order valence-electron chi connectivity index (χ2n) is 4.69. The van der Waals surface area contributed by atoms with Gasteiger partial charge >= 0.3 is 5.97 Å². The highest BCUT2D eigenvalue weighted by Crippen LogP contribution is 2.12. The van der Waals surface area contributed by atoms with Crippen molar-refractivity contribution >= 4 is 5.97 Å². The predicted octanol–water partition coefficient (Wildman–Crippen LogP) is 4.14. The molecule has 0 saturated carbocycles. The Morgan fingerprint density at radius 3 is 2.30 bits per heavy atom. The van der Waals surface area contributed by atoms with Crippen molar-refractivity contribution in [1.82, 2.24) is 0 Å². The first-order chi connectivity index (χ1) is 9.77. The number of hydrogen-bond acceptors (Lipinski definition) is 4. The van der Waals surface area contributed by atoms with Gasteiger partial charge in [-0.05, 0) is 30.7 Å². The summed E-state index contributed by atoms with van der Waals surface area (Å²) < 4.78 is 5.02. The Hall–Kier alpha value is -1.55. The molecular weight excluding hydrogens is 256 g/mol. The fourth-order valence-electron chi connectivity index (χ4n) is 1.81. The van der Waals surface area contributed by atoms with Gasteiger partial charge in [0.15, 0.2) is 0 Å². The molecule has 0 heterocycles. The third-order valence-corrected chi connectivity index (χ3v) is 3.04. The van der Waals surface area contributed by atoms with Crippen LogP contribution >= 0.6 is 0 Å². The van der Waals surface area contributed by atoms with Crippen molar-refractivity contribution in [2.75, 3.05) is 13.7 Å². The second-order valence-corrected chi connectivity index (χ2v) is 4.69. The van der Waals surface area contributed by atoms with Gasteiger partial charge in [0.05, 0.1) is 19.3 Å². The van der Waals surface area contributed by atoms with Crippen LogP contribution in [0.3, 0.4) is 0 Å². The summed E-state index contributed by atoms with van der Waals surface area (Å²) in [6.07, 6.45) is 7.04. The van der Waals surface area contributed by atoms with E-state index in [1.165, 1.54) is 25.7 Å². The van der Waals surface area contributed by atoms with Crippen molar-refractivity contribution in [3.63, 3.8) is 0 Å². The molecule has 0 atom stereocenters. The van der Waals surface area contributed by atoms with Gasteiger partial charge in [-0.3, -0.25) is 4.89 Å². The van der Waals surface area contributed by atoms with Crippen LogP contribution in [-0.4, -0.2) is 19.7 Å². The van der Waals surface area contributed by atoms with Crippen molar-refractivity contribution < 1.29 is 19.3 Å². The molecule has 0 bridgehead atoms. The second kappa shape index (κ2) is 10.3. The smallest absolute Gasteiger partial charge is 0.373 e. The van der Waals surface area contributed by atoms with E-state index < -0.39 is 5.97 Å². The van der Waals surface area contributed by atoms with Crippen LogP contribution in [0.5, 0.6) is 5.75 Å². The molecule has 0 unspecified atom stereocenters. The van der Waals surface area contributed by atoms with Crippen LogP contribution in [-0.2, 0) is 9.78 Å². The van der Waals surface area contributed by atoms with Gasteiger partial charge in [-0.25, -0.2) is 4.79 Å². The Morgan fingerprint density at radius 2 is 1.65 bits per heavy atom. The molecule has 0 N–H and O–H groups in total. The molecule has 112 valence electrons.